The highest BCUT2D eigenvalue weighted by Crippen LogP contribution is 2.37. The first-order chi connectivity index (χ1) is 16.7. The molecule has 0 N–H and O–H groups in total. The molecule has 0 saturated heterocycles. The number of hydrogen-bond acceptors (Lipinski definition) is 7. The molecule has 10 heteroatoms. The Balaban J connectivity index is 2.09. The van der Waals surface area contributed by atoms with Crippen LogP contribution in [0.5, 0.6) is 11.5 Å². The summed E-state index contributed by atoms with van der Waals surface area (Å²) in [5.41, 5.74) is 0.918. The number of hydrogen-bond donors (Lipinski definition) is 0. The quantitative estimate of drug-likeness (QED) is 0.250. The monoisotopic (exact) mass is 563 g/mol. The molecule has 0 aliphatic carbocycles. The molecular formula is C25H27BrClN3O5. The first-order valence-corrected chi connectivity index (χ1v) is 12.3. The number of rotatable bonds is 9. The first kappa shape index (κ1) is 26.7. The van der Waals surface area contributed by atoms with E-state index in [1.165, 1.54) is 18.0 Å². The fraction of sp³-hybridized carbons (Fsp3) is 0.360. The minimum absolute atomic E-state index is 0.00561. The number of halogens is 2. The van der Waals surface area contributed by atoms with Gasteiger partial charge in [-0.25, -0.2) is 9.78 Å². The summed E-state index contributed by atoms with van der Waals surface area (Å²) in [7, 11) is 1.28. The third-order valence-corrected chi connectivity index (χ3v) is 6.14. The average Bonchev–Trinajstić information content (AvgIpc) is 2.84. The van der Waals surface area contributed by atoms with Crippen molar-refractivity contribution in [1.29, 1.82) is 0 Å². The number of benzene rings is 2. The predicted octanol–water partition coefficient (Wildman–Crippen LogP) is 5.55. The van der Waals surface area contributed by atoms with Crippen LogP contribution in [-0.4, -0.2) is 41.7 Å². The summed E-state index contributed by atoms with van der Waals surface area (Å²) in [5, 5.41) is 5.15. The van der Waals surface area contributed by atoms with Crippen LogP contribution in [0.25, 0.3) is 10.9 Å². The lowest BCUT2D eigenvalue weighted by Gasteiger charge is -2.17. The zero-order valence-electron chi connectivity index (χ0n) is 20.2. The van der Waals surface area contributed by atoms with E-state index in [0.717, 1.165) is 10.9 Å². The number of fused-ring (bicyclic) bond motifs is 1. The molecule has 0 amide bonds. The Kier molecular flexibility index (Phi) is 8.91. The Morgan fingerprint density at radius 1 is 1.26 bits per heavy atom. The third kappa shape index (κ3) is 6.02. The molecule has 2 aromatic carbocycles. The SMILES string of the molecule is CCOc1cc(C=Nn2c([C@@H](C)CC)nc3ccc(Br)cc3c2=O)cc(Cl)c1O[C@@H](C)C(=O)OC. The van der Waals surface area contributed by atoms with Gasteiger partial charge in [0.25, 0.3) is 5.56 Å². The topological polar surface area (TPSA) is 92.0 Å². The molecule has 0 fully saturated rings. The molecule has 1 aromatic heterocycles. The summed E-state index contributed by atoms with van der Waals surface area (Å²) >= 11 is 9.88. The van der Waals surface area contributed by atoms with Gasteiger partial charge in [-0.15, -0.1) is 0 Å². The number of aromatic nitrogens is 2. The van der Waals surface area contributed by atoms with Gasteiger partial charge in [0.2, 0.25) is 0 Å². The molecule has 0 aliphatic heterocycles. The molecular weight excluding hydrogens is 538 g/mol. The third-order valence-electron chi connectivity index (χ3n) is 5.37. The van der Waals surface area contributed by atoms with Crippen molar-refractivity contribution >= 4 is 50.6 Å². The van der Waals surface area contributed by atoms with E-state index >= 15 is 0 Å². The maximum Gasteiger partial charge on any atom is 0.346 e. The van der Waals surface area contributed by atoms with Gasteiger partial charge >= 0.3 is 5.97 Å². The lowest BCUT2D eigenvalue weighted by atomic mass is 10.1. The van der Waals surface area contributed by atoms with Gasteiger partial charge < -0.3 is 14.2 Å². The second-order valence-corrected chi connectivity index (χ2v) is 9.17. The number of esters is 1. The van der Waals surface area contributed by atoms with E-state index in [-0.39, 0.29) is 22.2 Å². The Bertz CT molecular complexity index is 1320. The van der Waals surface area contributed by atoms with Gasteiger partial charge in [-0.1, -0.05) is 41.4 Å². The predicted molar refractivity (Wildman–Crippen MR) is 140 cm³/mol. The van der Waals surface area contributed by atoms with Gasteiger partial charge in [0.05, 0.1) is 35.9 Å². The molecule has 0 saturated carbocycles. The number of methoxy groups -OCH3 is 1. The molecule has 0 unspecified atom stereocenters. The maximum absolute atomic E-state index is 13.3. The molecule has 3 rings (SSSR count). The van der Waals surface area contributed by atoms with Crippen LogP contribution in [-0.2, 0) is 9.53 Å². The average molecular weight is 565 g/mol. The van der Waals surface area contributed by atoms with Gasteiger partial charge in [0.1, 0.15) is 5.82 Å². The summed E-state index contributed by atoms with van der Waals surface area (Å²) in [4.78, 5) is 29.8. The van der Waals surface area contributed by atoms with Crippen LogP contribution in [0, 0.1) is 0 Å². The molecule has 8 nitrogen and oxygen atoms in total. The van der Waals surface area contributed by atoms with Crippen molar-refractivity contribution in [3.05, 3.63) is 61.6 Å². The van der Waals surface area contributed by atoms with Crippen LogP contribution in [0.1, 0.15) is 51.4 Å². The van der Waals surface area contributed by atoms with Crippen molar-refractivity contribution in [2.75, 3.05) is 13.7 Å². The van der Waals surface area contributed by atoms with Crippen LogP contribution < -0.4 is 15.0 Å². The van der Waals surface area contributed by atoms with E-state index < -0.39 is 12.1 Å². The van der Waals surface area contributed by atoms with E-state index in [2.05, 4.69) is 21.0 Å². The normalized spacial score (nSPS) is 13.1. The Morgan fingerprint density at radius 3 is 2.66 bits per heavy atom. The van der Waals surface area contributed by atoms with Crippen LogP contribution in [0.4, 0.5) is 0 Å². The summed E-state index contributed by atoms with van der Waals surface area (Å²) in [6, 6.07) is 8.69. The van der Waals surface area contributed by atoms with Crippen LogP contribution in [0.15, 0.2) is 44.7 Å². The highest BCUT2D eigenvalue weighted by molar-refractivity contribution is 9.10. The van der Waals surface area contributed by atoms with E-state index in [4.69, 9.17) is 30.8 Å². The van der Waals surface area contributed by atoms with Crippen molar-refractivity contribution in [2.45, 2.75) is 46.1 Å². The molecule has 0 spiro atoms. The summed E-state index contributed by atoms with van der Waals surface area (Å²) in [6.07, 6.45) is 1.42. The van der Waals surface area contributed by atoms with Crippen molar-refractivity contribution in [3.63, 3.8) is 0 Å². The fourth-order valence-corrected chi connectivity index (χ4v) is 3.96. The smallest absolute Gasteiger partial charge is 0.346 e. The fourth-order valence-electron chi connectivity index (χ4n) is 3.33. The van der Waals surface area contributed by atoms with Crippen LogP contribution in [0.3, 0.4) is 0 Å². The molecule has 3 aromatic rings. The summed E-state index contributed by atoms with van der Waals surface area (Å²) in [6.45, 7) is 7.75. The lowest BCUT2D eigenvalue weighted by Crippen LogP contribution is -2.25. The van der Waals surface area contributed by atoms with Gasteiger partial charge in [-0.05, 0) is 56.2 Å². The van der Waals surface area contributed by atoms with Gasteiger partial charge in [0, 0.05) is 10.4 Å². The maximum atomic E-state index is 13.3. The van der Waals surface area contributed by atoms with Gasteiger partial charge in [0.15, 0.2) is 17.6 Å². The minimum Gasteiger partial charge on any atom is -0.490 e. The molecule has 35 heavy (non-hydrogen) atoms. The van der Waals surface area contributed by atoms with Crippen molar-refractivity contribution < 1.29 is 19.0 Å². The van der Waals surface area contributed by atoms with Crippen molar-refractivity contribution in [1.82, 2.24) is 9.66 Å². The van der Waals surface area contributed by atoms with Crippen LogP contribution >= 0.6 is 27.5 Å². The highest BCUT2D eigenvalue weighted by atomic mass is 79.9. The van der Waals surface area contributed by atoms with E-state index in [0.29, 0.717) is 34.6 Å². The molecule has 0 bridgehead atoms. The number of nitrogens with zero attached hydrogens (tertiary/aromatic N) is 3. The number of ether oxygens (including phenoxy) is 3. The van der Waals surface area contributed by atoms with E-state index in [1.807, 2.05) is 32.9 Å². The van der Waals surface area contributed by atoms with Gasteiger partial charge in [-0.3, -0.25) is 4.79 Å². The zero-order valence-corrected chi connectivity index (χ0v) is 22.5. The Hall–Kier alpha value is -2.91. The van der Waals surface area contributed by atoms with Crippen molar-refractivity contribution in [3.8, 4) is 11.5 Å². The number of carbonyl (C=O) groups is 1. The Morgan fingerprint density at radius 2 is 2.00 bits per heavy atom. The van der Waals surface area contributed by atoms with E-state index in [9.17, 15) is 9.59 Å². The molecule has 0 aliphatic rings. The first-order valence-electron chi connectivity index (χ1n) is 11.2. The zero-order chi connectivity index (χ0) is 25.7. The summed E-state index contributed by atoms with van der Waals surface area (Å²) < 4.78 is 18.2. The van der Waals surface area contributed by atoms with E-state index in [1.54, 1.807) is 25.1 Å². The molecule has 1 heterocycles. The van der Waals surface area contributed by atoms with Gasteiger partial charge in [-0.2, -0.15) is 9.78 Å². The second kappa shape index (κ2) is 11.7. The molecule has 0 radical (unpaired) electrons. The van der Waals surface area contributed by atoms with Crippen molar-refractivity contribution in [2.24, 2.45) is 5.10 Å². The highest BCUT2D eigenvalue weighted by Gasteiger charge is 2.21. The minimum atomic E-state index is -0.879. The number of carbonyl (C=O) groups excluding carboxylic acids is 1. The standard InChI is InChI=1S/C25H27BrClN3O5/c1-6-14(3)23-29-20-9-8-17(26)12-18(20)24(31)30(23)28-13-16-10-19(27)22(21(11-16)34-7-2)35-15(4)25(32)33-5/h8-15H,6-7H2,1-5H3/t14-,15-/m0/s1. The molecule has 186 valence electrons. The summed E-state index contributed by atoms with van der Waals surface area (Å²) in [5.74, 6) is 0.588. The Labute approximate surface area is 217 Å². The second-order valence-electron chi connectivity index (χ2n) is 7.85. The van der Waals surface area contributed by atoms with Crippen LogP contribution in [0.2, 0.25) is 5.02 Å². The molecule has 2 atom stereocenters. The largest absolute Gasteiger partial charge is 0.490 e. The lowest BCUT2D eigenvalue weighted by molar-refractivity contribution is -0.147.